The zero-order valence-electron chi connectivity index (χ0n) is 10.5. The van der Waals surface area contributed by atoms with Gasteiger partial charge in [-0.25, -0.2) is 0 Å². The van der Waals surface area contributed by atoms with Gasteiger partial charge in [0.25, 0.3) is 0 Å². The quantitative estimate of drug-likeness (QED) is 0.792. The molecule has 0 bridgehead atoms. The lowest BCUT2D eigenvalue weighted by Crippen LogP contribution is -2.39. The topological polar surface area (TPSA) is 67.2 Å². The van der Waals surface area contributed by atoms with Crippen molar-refractivity contribution in [3.05, 3.63) is 18.3 Å². The van der Waals surface area contributed by atoms with E-state index < -0.39 is 0 Å². The molecule has 96 valence electrons. The number of hydrogen-bond acceptors (Lipinski definition) is 4. The smallest absolute Gasteiger partial charge is 0.0746 e. The number of nitrogens with two attached hydrogens (primary N) is 1. The van der Waals surface area contributed by atoms with Gasteiger partial charge in [0.1, 0.15) is 0 Å². The van der Waals surface area contributed by atoms with Crippen molar-refractivity contribution in [1.29, 1.82) is 0 Å². The van der Waals surface area contributed by atoms with Crippen molar-refractivity contribution in [2.75, 3.05) is 30.8 Å². The molecule has 0 radical (unpaired) electrons. The number of piperidine rings is 1. The average Bonchev–Trinajstić information content (AvgIpc) is 2.85. The molecule has 1 fully saturated rings. The first-order valence-corrected chi connectivity index (χ1v) is 6.28. The Hall–Kier alpha value is -1.75. The van der Waals surface area contributed by atoms with E-state index in [1.54, 1.807) is 13.3 Å². The van der Waals surface area contributed by atoms with Gasteiger partial charge in [-0.1, -0.05) is 0 Å². The number of anilines is 2. The maximum Gasteiger partial charge on any atom is 0.0746 e. The van der Waals surface area contributed by atoms with Crippen molar-refractivity contribution in [2.24, 2.45) is 0 Å². The van der Waals surface area contributed by atoms with Gasteiger partial charge in [-0.3, -0.25) is 5.10 Å². The summed E-state index contributed by atoms with van der Waals surface area (Å²) in [5, 5.41) is 8.08. The number of nitrogens with zero attached hydrogens (tertiary/aromatic N) is 2. The van der Waals surface area contributed by atoms with Crippen molar-refractivity contribution in [3.8, 4) is 0 Å². The highest BCUT2D eigenvalue weighted by Gasteiger charge is 2.21. The first-order valence-electron chi connectivity index (χ1n) is 6.28. The minimum Gasteiger partial charge on any atom is -0.397 e. The Kier molecular flexibility index (Phi) is 2.83. The van der Waals surface area contributed by atoms with Gasteiger partial charge in [0.15, 0.2) is 0 Å². The second-order valence-corrected chi connectivity index (χ2v) is 4.81. The Morgan fingerprint density at radius 2 is 2.39 bits per heavy atom. The molecule has 0 saturated carbocycles. The fourth-order valence-corrected chi connectivity index (χ4v) is 2.62. The van der Waals surface area contributed by atoms with Crippen LogP contribution in [0.4, 0.5) is 11.4 Å². The van der Waals surface area contributed by atoms with Gasteiger partial charge < -0.3 is 15.4 Å². The van der Waals surface area contributed by atoms with Crippen LogP contribution in [0.2, 0.25) is 0 Å². The SMILES string of the molecule is COC1CCCN(c2cc3[nH]ncc3cc2N)C1. The first kappa shape index (κ1) is 11.3. The molecule has 1 atom stereocenters. The van der Waals surface area contributed by atoms with Gasteiger partial charge in [-0.15, -0.1) is 0 Å². The summed E-state index contributed by atoms with van der Waals surface area (Å²) in [7, 11) is 1.77. The number of nitrogen functional groups attached to an aromatic ring is 1. The molecule has 5 heteroatoms. The Balaban J connectivity index is 1.94. The minimum absolute atomic E-state index is 0.301. The molecule has 1 aliphatic heterocycles. The van der Waals surface area contributed by atoms with Gasteiger partial charge >= 0.3 is 0 Å². The van der Waals surface area contributed by atoms with Gasteiger partial charge in [0.2, 0.25) is 0 Å². The molecule has 1 unspecified atom stereocenters. The number of hydrogen-bond donors (Lipinski definition) is 2. The lowest BCUT2D eigenvalue weighted by molar-refractivity contribution is 0.0894. The summed E-state index contributed by atoms with van der Waals surface area (Å²) < 4.78 is 5.45. The standard InChI is InChI=1S/C13H18N4O/c1-18-10-3-2-4-17(8-10)13-6-12-9(5-11(13)14)7-15-16-12/h5-7,10H,2-4,8,14H2,1H3,(H,15,16). The molecule has 1 aromatic heterocycles. The van der Waals surface area contributed by atoms with E-state index in [4.69, 9.17) is 10.5 Å². The molecule has 18 heavy (non-hydrogen) atoms. The number of nitrogens with one attached hydrogen (secondary N) is 1. The van der Waals surface area contributed by atoms with Crippen molar-refractivity contribution in [1.82, 2.24) is 10.2 Å². The maximum atomic E-state index is 6.14. The van der Waals surface area contributed by atoms with E-state index in [-0.39, 0.29) is 0 Å². The zero-order valence-corrected chi connectivity index (χ0v) is 10.5. The second-order valence-electron chi connectivity index (χ2n) is 4.81. The number of methoxy groups -OCH3 is 1. The van der Waals surface area contributed by atoms with Gasteiger partial charge in [-0.2, -0.15) is 5.10 Å². The van der Waals surface area contributed by atoms with Gasteiger partial charge in [-0.05, 0) is 25.0 Å². The number of rotatable bonds is 2. The summed E-state index contributed by atoms with van der Waals surface area (Å²) in [5.74, 6) is 0. The third-order valence-corrected chi connectivity index (χ3v) is 3.64. The van der Waals surface area contributed by atoms with Crippen molar-refractivity contribution >= 4 is 22.3 Å². The Morgan fingerprint density at radius 3 is 3.22 bits per heavy atom. The Labute approximate surface area is 106 Å². The molecule has 2 heterocycles. The number of benzene rings is 1. The summed E-state index contributed by atoms with van der Waals surface area (Å²) in [6.45, 7) is 1.93. The van der Waals surface area contributed by atoms with Crippen LogP contribution in [0.5, 0.6) is 0 Å². The van der Waals surface area contributed by atoms with Crippen LogP contribution >= 0.6 is 0 Å². The summed E-state index contributed by atoms with van der Waals surface area (Å²) in [5.41, 5.74) is 9.05. The molecule has 3 N–H and O–H groups in total. The molecule has 1 aromatic carbocycles. The van der Waals surface area contributed by atoms with Crippen LogP contribution in [0, 0.1) is 0 Å². The largest absolute Gasteiger partial charge is 0.397 e. The van der Waals surface area contributed by atoms with E-state index >= 15 is 0 Å². The highest BCUT2D eigenvalue weighted by Crippen LogP contribution is 2.30. The van der Waals surface area contributed by atoms with E-state index in [9.17, 15) is 0 Å². The molecule has 0 spiro atoms. The highest BCUT2D eigenvalue weighted by molar-refractivity contribution is 5.88. The normalized spacial score (nSPS) is 20.5. The van der Waals surface area contributed by atoms with Crippen LogP contribution < -0.4 is 10.6 Å². The fourth-order valence-electron chi connectivity index (χ4n) is 2.62. The molecule has 3 rings (SSSR count). The summed E-state index contributed by atoms with van der Waals surface area (Å²) in [6.07, 6.45) is 4.36. The summed E-state index contributed by atoms with van der Waals surface area (Å²) in [4.78, 5) is 2.30. The molecule has 0 amide bonds. The number of aromatic amines is 1. The predicted octanol–water partition coefficient (Wildman–Crippen LogP) is 1.76. The summed E-state index contributed by atoms with van der Waals surface area (Å²) in [6, 6.07) is 4.06. The lowest BCUT2D eigenvalue weighted by atomic mass is 10.1. The van der Waals surface area contributed by atoms with Crippen LogP contribution in [0.1, 0.15) is 12.8 Å². The predicted molar refractivity (Wildman–Crippen MR) is 72.8 cm³/mol. The van der Waals surface area contributed by atoms with Crippen molar-refractivity contribution < 1.29 is 4.74 Å². The number of ether oxygens (including phenoxy) is 1. The number of fused-ring (bicyclic) bond motifs is 1. The van der Waals surface area contributed by atoms with Crippen LogP contribution in [-0.4, -0.2) is 36.5 Å². The van der Waals surface area contributed by atoms with E-state index in [0.717, 1.165) is 48.2 Å². The molecule has 0 aliphatic carbocycles. The summed E-state index contributed by atoms with van der Waals surface area (Å²) >= 11 is 0. The third kappa shape index (κ3) is 1.90. The van der Waals surface area contributed by atoms with Crippen LogP contribution in [0.15, 0.2) is 18.3 Å². The Bertz CT molecular complexity index is 551. The lowest BCUT2D eigenvalue weighted by Gasteiger charge is -2.34. The molecular weight excluding hydrogens is 228 g/mol. The average molecular weight is 246 g/mol. The monoisotopic (exact) mass is 246 g/mol. The molecular formula is C13H18N4O. The van der Waals surface area contributed by atoms with Crippen LogP contribution in [-0.2, 0) is 4.74 Å². The highest BCUT2D eigenvalue weighted by atomic mass is 16.5. The number of aromatic nitrogens is 2. The van der Waals surface area contributed by atoms with Crippen LogP contribution in [0.25, 0.3) is 10.9 Å². The molecule has 5 nitrogen and oxygen atoms in total. The van der Waals surface area contributed by atoms with Crippen molar-refractivity contribution in [3.63, 3.8) is 0 Å². The molecule has 2 aromatic rings. The number of H-pyrrole nitrogens is 1. The van der Waals surface area contributed by atoms with E-state index in [1.165, 1.54) is 0 Å². The first-order chi connectivity index (χ1) is 8.78. The minimum atomic E-state index is 0.301. The zero-order chi connectivity index (χ0) is 12.5. The van der Waals surface area contributed by atoms with Gasteiger partial charge in [0, 0.05) is 25.6 Å². The van der Waals surface area contributed by atoms with Gasteiger partial charge in [0.05, 0.1) is 29.2 Å². The fraction of sp³-hybridized carbons (Fsp3) is 0.462. The van der Waals surface area contributed by atoms with E-state index in [1.807, 2.05) is 6.07 Å². The van der Waals surface area contributed by atoms with E-state index in [2.05, 4.69) is 21.2 Å². The van der Waals surface area contributed by atoms with Crippen molar-refractivity contribution in [2.45, 2.75) is 18.9 Å². The van der Waals surface area contributed by atoms with Crippen LogP contribution in [0.3, 0.4) is 0 Å². The maximum absolute atomic E-state index is 6.14. The molecule has 1 aliphatic rings. The Morgan fingerprint density at radius 1 is 1.50 bits per heavy atom. The third-order valence-electron chi connectivity index (χ3n) is 3.64. The van der Waals surface area contributed by atoms with E-state index in [0.29, 0.717) is 6.10 Å². The molecule has 1 saturated heterocycles. The second kappa shape index (κ2) is 4.49.